The molecule has 1 aliphatic heterocycles. The van der Waals surface area contributed by atoms with Crippen LogP contribution < -0.4 is 5.32 Å². The molecule has 1 saturated heterocycles. The minimum absolute atomic E-state index is 0.0659. The summed E-state index contributed by atoms with van der Waals surface area (Å²) >= 11 is 0. The molecular weight excluding hydrogens is 264 g/mol. The summed E-state index contributed by atoms with van der Waals surface area (Å²) in [5, 5.41) is 2.76. The third kappa shape index (κ3) is 4.70. The van der Waals surface area contributed by atoms with Crippen molar-refractivity contribution in [2.75, 3.05) is 19.6 Å². The molecule has 0 bridgehead atoms. The first-order valence-corrected chi connectivity index (χ1v) is 8.45. The number of hydrogen-bond donors (Lipinski definition) is 1. The van der Waals surface area contributed by atoms with Crippen LogP contribution in [0.3, 0.4) is 0 Å². The summed E-state index contributed by atoms with van der Waals surface area (Å²) in [5.74, 6) is 0. The molecule has 0 spiro atoms. The van der Waals surface area contributed by atoms with Crippen molar-refractivity contribution >= 4 is 10.0 Å². The Kier molecular flexibility index (Phi) is 5.40. The van der Waals surface area contributed by atoms with Crippen LogP contribution in [0, 0.1) is 0 Å². The van der Waals surface area contributed by atoms with Crippen LogP contribution in [-0.2, 0) is 14.8 Å². The van der Waals surface area contributed by atoms with E-state index < -0.39 is 20.9 Å². The monoisotopic (exact) mass is 292 g/mol. The smallest absolute Gasteiger partial charge is 0.218 e. The molecule has 0 aromatic carbocycles. The van der Waals surface area contributed by atoms with Crippen molar-refractivity contribution in [3.8, 4) is 0 Å². The quantitative estimate of drug-likeness (QED) is 0.827. The Hall–Kier alpha value is -0.170. The predicted octanol–water partition coefficient (Wildman–Crippen LogP) is 1.20. The van der Waals surface area contributed by atoms with Crippen LogP contribution in [0.1, 0.15) is 41.5 Å². The number of rotatable bonds is 5. The van der Waals surface area contributed by atoms with E-state index in [4.69, 9.17) is 4.74 Å². The van der Waals surface area contributed by atoms with E-state index in [1.54, 1.807) is 11.2 Å². The van der Waals surface area contributed by atoms with Crippen LogP contribution in [0.4, 0.5) is 0 Å². The fourth-order valence-corrected chi connectivity index (χ4v) is 4.07. The zero-order valence-corrected chi connectivity index (χ0v) is 13.8. The molecule has 1 N–H and O–H groups in total. The molecule has 1 rings (SSSR count). The summed E-state index contributed by atoms with van der Waals surface area (Å²) in [6.45, 7) is 12.9. The summed E-state index contributed by atoms with van der Waals surface area (Å²) in [6.07, 6.45) is -0.0659. The second-order valence-corrected chi connectivity index (χ2v) is 8.75. The van der Waals surface area contributed by atoms with Gasteiger partial charge in [0.25, 0.3) is 0 Å². The van der Waals surface area contributed by atoms with Gasteiger partial charge in [0.05, 0.1) is 17.0 Å². The molecule has 1 aliphatic rings. The number of nitrogens with zero attached hydrogens (tertiary/aromatic N) is 1. The molecule has 2 atom stereocenters. The maximum atomic E-state index is 12.6. The summed E-state index contributed by atoms with van der Waals surface area (Å²) < 4.78 is 32.5. The fourth-order valence-electron chi connectivity index (χ4n) is 2.35. The molecule has 19 heavy (non-hydrogen) atoms. The van der Waals surface area contributed by atoms with Gasteiger partial charge >= 0.3 is 0 Å². The van der Waals surface area contributed by atoms with Gasteiger partial charge in [0, 0.05) is 25.7 Å². The first-order valence-electron chi connectivity index (χ1n) is 6.95. The lowest BCUT2D eigenvalue weighted by Crippen LogP contribution is -2.56. The first kappa shape index (κ1) is 16.9. The molecule has 0 saturated carbocycles. The maximum absolute atomic E-state index is 12.6. The molecule has 0 aromatic rings. The van der Waals surface area contributed by atoms with Crippen molar-refractivity contribution in [2.24, 2.45) is 0 Å². The van der Waals surface area contributed by atoms with E-state index in [0.29, 0.717) is 19.6 Å². The van der Waals surface area contributed by atoms with Gasteiger partial charge in [-0.15, -0.1) is 0 Å². The number of sulfonamides is 1. The van der Waals surface area contributed by atoms with Crippen LogP contribution in [-0.4, -0.2) is 55.4 Å². The number of hydrogen-bond acceptors (Lipinski definition) is 4. The highest BCUT2D eigenvalue weighted by atomic mass is 32.2. The third-order valence-electron chi connectivity index (χ3n) is 3.22. The molecular formula is C13H28N2O3S. The van der Waals surface area contributed by atoms with Crippen LogP contribution in [0.15, 0.2) is 0 Å². The number of ether oxygens (including phenoxy) is 1. The zero-order chi connectivity index (χ0) is 14.8. The second-order valence-electron chi connectivity index (χ2n) is 6.40. The molecule has 0 radical (unpaired) electrons. The topological polar surface area (TPSA) is 58.6 Å². The van der Waals surface area contributed by atoms with Gasteiger partial charge < -0.3 is 10.1 Å². The van der Waals surface area contributed by atoms with Gasteiger partial charge in [0.1, 0.15) is 0 Å². The molecule has 1 fully saturated rings. The summed E-state index contributed by atoms with van der Waals surface area (Å²) in [4.78, 5) is 0. The van der Waals surface area contributed by atoms with Crippen molar-refractivity contribution in [3.05, 3.63) is 0 Å². The van der Waals surface area contributed by atoms with Crippen molar-refractivity contribution in [1.29, 1.82) is 0 Å². The molecule has 0 aliphatic carbocycles. The Morgan fingerprint density at radius 3 is 2.42 bits per heavy atom. The first-order chi connectivity index (χ1) is 8.54. The van der Waals surface area contributed by atoms with E-state index in [-0.39, 0.29) is 12.1 Å². The molecule has 1 heterocycles. The van der Waals surface area contributed by atoms with Crippen molar-refractivity contribution in [3.63, 3.8) is 0 Å². The molecule has 114 valence electrons. The molecule has 6 heteroatoms. The molecule has 0 amide bonds. The highest BCUT2D eigenvalue weighted by molar-refractivity contribution is 7.89. The Bertz CT molecular complexity index is 393. The van der Waals surface area contributed by atoms with E-state index >= 15 is 0 Å². The SMILES string of the molecule is CC(C)NCC(C)S(=O)(=O)N1CC(C)OC(C)(C)C1. The van der Waals surface area contributed by atoms with Gasteiger partial charge in [-0.2, -0.15) is 4.31 Å². The number of nitrogens with one attached hydrogen (secondary N) is 1. The van der Waals surface area contributed by atoms with E-state index in [1.807, 2.05) is 34.6 Å². The summed E-state index contributed by atoms with van der Waals surface area (Å²) in [5.41, 5.74) is -0.421. The molecule has 0 aromatic heterocycles. The number of morpholine rings is 1. The van der Waals surface area contributed by atoms with Gasteiger partial charge in [0.15, 0.2) is 0 Å². The Morgan fingerprint density at radius 1 is 1.37 bits per heavy atom. The highest BCUT2D eigenvalue weighted by Gasteiger charge is 2.39. The standard InChI is InChI=1S/C13H28N2O3S/c1-10(2)14-7-12(4)19(16,17)15-8-11(3)18-13(5,6)9-15/h10-12,14H,7-9H2,1-6H3. The van der Waals surface area contributed by atoms with Crippen LogP contribution in [0.25, 0.3) is 0 Å². The third-order valence-corrected chi connectivity index (χ3v) is 5.40. The summed E-state index contributed by atoms with van der Waals surface area (Å²) in [7, 11) is -3.27. The zero-order valence-electron chi connectivity index (χ0n) is 12.9. The van der Waals surface area contributed by atoms with Gasteiger partial charge in [0.2, 0.25) is 10.0 Å². The van der Waals surface area contributed by atoms with Gasteiger partial charge in [-0.25, -0.2) is 8.42 Å². The average Bonchev–Trinajstić information content (AvgIpc) is 2.22. The van der Waals surface area contributed by atoms with Crippen molar-refractivity contribution < 1.29 is 13.2 Å². The highest BCUT2D eigenvalue weighted by Crippen LogP contribution is 2.24. The average molecular weight is 292 g/mol. The predicted molar refractivity (Wildman–Crippen MR) is 77.7 cm³/mol. The normalized spacial score (nSPS) is 26.6. The van der Waals surface area contributed by atoms with E-state index in [1.165, 1.54) is 0 Å². The lowest BCUT2D eigenvalue weighted by atomic mass is 10.1. The van der Waals surface area contributed by atoms with Gasteiger partial charge in [-0.05, 0) is 27.7 Å². The van der Waals surface area contributed by atoms with Crippen LogP contribution in [0.5, 0.6) is 0 Å². The lowest BCUT2D eigenvalue weighted by Gasteiger charge is -2.41. The van der Waals surface area contributed by atoms with E-state index in [9.17, 15) is 8.42 Å². The second kappa shape index (κ2) is 6.08. The van der Waals surface area contributed by atoms with E-state index in [0.717, 1.165) is 0 Å². The van der Waals surface area contributed by atoms with Gasteiger partial charge in [-0.1, -0.05) is 13.8 Å². The Morgan fingerprint density at radius 2 is 1.95 bits per heavy atom. The summed E-state index contributed by atoms with van der Waals surface area (Å²) in [6, 6.07) is 0.290. The molecule has 2 unspecified atom stereocenters. The minimum Gasteiger partial charge on any atom is -0.370 e. The van der Waals surface area contributed by atoms with Crippen LogP contribution >= 0.6 is 0 Å². The largest absolute Gasteiger partial charge is 0.370 e. The Labute approximate surface area is 117 Å². The molecule has 5 nitrogen and oxygen atoms in total. The lowest BCUT2D eigenvalue weighted by molar-refractivity contribution is -0.109. The van der Waals surface area contributed by atoms with Crippen molar-refractivity contribution in [2.45, 2.75) is 64.5 Å². The Balaban J connectivity index is 2.76. The van der Waals surface area contributed by atoms with Gasteiger partial charge in [-0.3, -0.25) is 0 Å². The fraction of sp³-hybridized carbons (Fsp3) is 1.00. The van der Waals surface area contributed by atoms with Crippen molar-refractivity contribution in [1.82, 2.24) is 9.62 Å². The maximum Gasteiger partial charge on any atom is 0.218 e. The minimum atomic E-state index is -3.27. The van der Waals surface area contributed by atoms with Crippen LogP contribution in [0.2, 0.25) is 0 Å². The van der Waals surface area contributed by atoms with E-state index in [2.05, 4.69) is 5.32 Å².